The number of nitro benzene ring substituents is 1. The number of nitrogens with zero attached hydrogens (tertiary/aromatic N) is 2. The molecular formula is C10H9BN2O6. The van der Waals surface area contributed by atoms with Crippen LogP contribution in [0, 0.1) is 21.4 Å². The van der Waals surface area contributed by atoms with E-state index in [2.05, 4.69) is 4.74 Å². The molecule has 0 radical (unpaired) electrons. The van der Waals surface area contributed by atoms with Crippen molar-refractivity contribution in [3.63, 3.8) is 0 Å². The van der Waals surface area contributed by atoms with E-state index in [1.807, 2.05) is 0 Å². The zero-order valence-electron chi connectivity index (χ0n) is 9.86. The molecule has 1 rings (SSSR count). The van der Waals surface area contributed by atoms with Gasteiger partial charge in [0.05, 0.1) is 16.6 Å². The van der Waals surface area contributed by atoms with Crippen LogP contribution < -0.4 is 5.46 Å². The van der Waals surface area contributed by atoms with Crippen molar-refractivity contribution in [2.24, 2.45) is 0 Å². The van der Waals surface area contributed by atoms with Crippen LogP contribution in [0.25, 0.3) is 0 Å². The Morgan fingerprint density at radius 2 is 2.21 bits per heavy atom. The van der Waals surface area contributed by atoms with Crippen molar-refractivity contribution in [3.05, 3.63) is 33.4 Å². The van der Waals surface area contributed by atoms with Crippen molar-refractivity contribution in [3.8, 4) is 6.07 Å². The minimum Gasteiger partial charge on any atom is -0.461 e. The van der Waals surface area contributed by atoms with E-state index in [0.717, 1.165) is 19.1 Å². The molecule has 19 heavy (non-hydrogen) atoms. The average molecular weight is 264 g/mol. The van der Waals surface area contributed by atoms with Crippen molar-refractivity contribution < 1.29 is 24.5 Å². The van der Waals surface area contributed by atoms with Gasteiger partial charge >= 0.3 is 13.1 Å². The highest BCUT2D eigenvalue weighted by Crippen LogP contribution is 2.17. The Morgan fingerprint density at radius 3 is 2.63 bits per heavy atom. The highest BCUT2D eigenvalue weighted by molar-refractivity contribution is 6.59. The second kappa shape index (κ2) is 5.95. The van der Waals surface area contributed by atoms with Crippen molar-refractivity contribution >= 4 is 24.2 Å². The fourth-order valence-electron chi connectivity index (χ4n) is 1.45. The first-order valence-corrected chi connectivity index (χ1v) is 5.07. The summed E-state index contributed by atoms with van der Waals surface area (Å²) in [7, 11) is -2.02. The highest BCUT2D eigenvalue weighted by atomic mass is 16.6. The van der Waals surface area contributed by atoms with Gasteiger partial charge in [-0.3, -0.25) is 14.9 Å². The molecule has 0 aliphatic rings. The number of carbonyl (C=O) groups excluding carboxylic acids is 1. The normalized spacial score (nSPS) is 9.58. The molecule has 8 nitrogen and oxygen atoms in total. The summed E-state index contributed by atoms with van der Waals surface area (Å²) >= 11 is 0. The number of hydrogen-bond acceptors (Lipinski definition) is 7. The van der Waals surface area contributed by atoms with Crippen LogP contribution in [0.2, 0.25) is 0 Å². The molecular weight excluding hydrogens is 255 g/mol. The zero-order chi connectivity index (χ0) is 14.6. The fourth-order valence-corrected chi connectivity index (χ4v) is 1.45. The lowest BCUT2D eigenvalue weighted by molar-refractivity contribution is -0.384. The molecule has 0 amide bonds. The second-order valence-corrected chi connectivity index (χ2v) is 3.58. The van der Waals surface area contributed by atoms with E-state index in [9.17, 15) is 25.0 Å². The predicted molar refractivity (Wildman–Crippen MR) is 63.1 cm³/mol. The van der Waals surface area contributed by atoms with Crippen molar-refractivity contribution in [2.75, 3.05) is 0 Å². The molecule has 0 saturated carbocycles. The summed E-state index contributed by atoms with van der Waals surface area (Å²) in [4.78, 5) is 20.6. The zero-order valence-corrected chi connectivity index (χ0v) is 9.86. The Kier molecular flexibility index (Phi) is 4.58. The van der Waals surface area contributed by atoms with Gasteiger partial charge in [0.2, 0.25) is 0 Å². The van der Waals surface area contributed by atoms with Gasteiger partial charge in [0, 0.05) is 24.6 Å². The molecule has 0 saturated heterocycles. The van der Waals surface area contributed by atoms with E-state index in [-0.39, 0.29) is 23.2 Å². The summed E-state index contributed by atoms with van der Waals surface area (Å²) in [6, 6.07) is 3.59. The largest absolute Gasteiger partial charge is 0.489 e. The molecule has 0 aliphatic carbocycles. The lowest BCUT2D eigenvalue weighted by atomic mass is 9.75. The third-order valence-corrected chi connectivity index (χ3v) is 2.30. The molecule has 0 aromatic heterocycles. The first-order valence-electron chi connectivity index (χ1n) is 5.07. The summed E-state index contributed by atoms with van der Waals surface area (Å²) in [5.74, 6) is -0.624. The van der Waals surface area contributed by atoms with E-state index < -0.39 is 23.7 Å². The van der Waals surface area contributed by atoms with Crippen molar-refractivity contribution in [2.45, 2.75) is 13.5 Å². The van der Waals surface area contributed by atoms with Crippen molar-refractivity contribution in [1.82, 2.24) is 0 Å². The minimum atomic E-state index is -2.02. The van der Waals surface area contributed by atoms with Gasteiger partial charge in [-0.2, -0.15) is 5.26 Å². The van der Waals surface area contributed by atoms with E-state index in [1.54, 1.807) is 6.07 Å². The topological polar surface area (TPSA) is 134 Å². The summed E-state index contributed by atoms with van der Waals surface area (Å²) < 4.78 is 4.68. The Labute approximate surface area is 108 Å². The summed E-state index contributed by atoms with van der Waals surface area (Å²) in [6.45, 7) is 0.773. The number of ether oxygens (including phenoxy) is 1. The molecule has 0 atom stereocenters. The van der Waals surface area contributed by atoms with E-state index in [0.29, 0.717) is 0 Å². The highest BCUT2D eigenvalue weighted by Gasteiger charge is 2.24. The molecule has 2 N–H and O–H groups in total. The Bertz CT molecular complexity index is 566. The van der Waals surface area contributed by atoms with Crippen LogP contribution in [-0.4, -0.2) is 28.1 Å². The number of carbonyl (C=O) groups is 1. The lowest BCUT2D eigenvalue weighted by Crippen LogP contribution is -2.34. The molecule has 98 valence electrons. The molecule has 0 fully saturated rings. The molecule has 1 aromatic rings. The molecule has 0 heterocycles. The predicted octanol–water partition coefficient (Wildman–Crippen LogP) is -0.791. The van der Waals surface area contributed by atoms with Gasteiger partial charge < -0.3 is 14.8 Å². The maximum atomic E-state index is 10.7. The van der Waals surface area contributed by atoms with Gasteiger partial charge in [-0.1, -0.05) is 0 Å². The molecule has 0 unspecified atom stereocenters. The maximum Gasteiger partial charge on any atom is 0.489 e. The summed E-state index contributed by atoms with van der Waals surface area (Å²) in [5, 5.41) is 37.9. The third-order valence-electron chi connectivity index (χ3n) is 2.30. The molecule has 0 aliphatic heterocycles. The number of nitro groups is 1. The number of rotatable bonds is 4. The van der Waals surface area contributed by atoms with Crippen LogP contribution in [0.4, 0.5) is 5.69 Å². The number of nitriles is 1. The van der Waals surface area contributed by atoms with Gasteiger partial charge in [-0.05, 0) is 5.46 Å². The van der Waals surface area contributed by atoms with Crippen LogP contribution in [-0.2, 0) is 16.1 Å². The second-order valence-electron chi connectivity index (χ2n) is 3.58. The van der Waals surface area contributed by atoms with Gasteiger partial charge in [-0.15, -0.1) is 0 Å². The van der Waals surface area contributed by atoms with Crippen LogP contribution in [0.1, 0.15) is 18.1 Å². The van der Waals surface area contributed by atoms with E-state index in [1.165, 1.54) is 0 Å². The van der Waals surface area contributed by atoms with Crippen LogP contribution in [0.5, 0.6) is 0 Å². The molecule has 0 bridgehead atoms. The first-order chi connectivity index (χ1) is 8.86. The molecule has 9 heteroatoms. The van der Waals surface area contributed by atoms with Crippen LogP contribution in [0.15, 0.2) is 12.1 Å². The Balaban J connectivity index is 3.37. The smallest absolute Gasteiger partial charge is 0.461 e. The number of hydrogen-bond donors (Lipinski definition) is 2. The van der Waals surface area contributed by atoms with E-state index >= 15 is 0 Å². The summed E-state index contributed by atoms with van der Waals surface area (Å²) in [6.07, 6.45) is 0. The van der Waals surface area contributed by atoms with Gasteiger partial charge in [0.15, 0.2) is 0 Å². The average Bonchev–Trinajstić information content (AvgIpc) is 2.34. The standard InChI is InChI=1S/C10H9BN2O6/c1-6(14)19-5-9-7(4-12)2-8(13(17)18)3-10(9)11(15)16/h2-3,15-16H,5H2,1H3. The molecule has 1 aromatic carbocycles. The van der Waals surface area contributed by atoms with Crippen LogP contribution >= 0.6 is 0 Å². The lowest BCUT2D eigenvalue weighted by Gasteiger charge is -2.10. The summed E-state index contributed by atoms with van der Waals surface area (Å²) in [5.41, 5.74) is -0.824. The monoisotopic (exact) mass is 264 g/mol. The number of benzene rings is 1. The fraction of sp³-hybridized carbons (Fsp3) is 0.200. The number of esters is 1. The quantitative estimate of drug-likeness (QED) is 0.315. The van der Waals surface area contributed by atoms with Gasteiger partial charge in [-0.25, -0.2) is 0 Å². The minimum absolute atomic E-state index is 0.0262. The Morgan fingerprint density at radius 1 is 1.58 bits per heavy atom. The van der Waals surface area contributed by atoms with Crippen LogP contribution in [0.3, 0.4) is 0 Å². The SMILES string of the molecule is CC(=O)OCc1c(C#N)cc([N+](=O)[O-])cc1B(O)O. The molecule has 0 spiro atoms. The van der Waals surface area contributed by atoms with Gasteiger partial charge in [0.25, 0.3) is 5.69 Å². The maximum absolute atomic E-state index is 10.7. The first kappa shape index (κ1) is 14.6. The Hall–Kier alpha value is -2.44. The third kappa shape index (κ3) is 3.51. The number of non-ortho nitro benzene ring substituents is 1. The van der Waals surface area contributed by atoms with E-state index in [4.69, 9.17) is 5.26 Å². The van der Waals surface area contributed by atoms with Crippen molar-refractivity contribution in [1.29, 1.82) is 5.26 Å². The van der Waals surface area contributed by atoms with Gasteiger partial charge in [0.1, 0.15) is 6.61 Å².